The first-order valence-corrected chi connectivity index (χ1v) is 11.8. The lowest BCUT2D eigenvalue weighted by Crippen LogP contribution is -2.39. The van der Waals surface area contributed by atoms with Gasteiger partial charge in [-0.05, 0) is 72.9 Å². The molecular formula is C23H32N4O2S. The molecule has 1 fully saturated rings. The van der Waals surface area contributed by atoms with Crippen LogP contribution in [0.1, 0.15) is 55.1 Å². The molecule has 0 radical (unpaired) electrons. The number of thiophene rings is 1. The molecule has 162 valence electrons. The first-order chi connectivity index (χ1) is 14.6. The zero-order valence-corrected chi connectivity index (χ0v) is 18.7. The van der Waals surface area contributed by atoms with Crippen LogP contribution >= 0.6 is 11.3 Å². The van der Waals surface area contributed by atoms with E-state index in [2.05, 4.69) is 46.2 Å². The van der Waals surface area contributed by atoms with E-state index in [9.17, 15) is 9.59 Å². The molecular weight excluding hydrogens is 396 g/mol. The Morgan fingerprint density at radius 2 is 1.90 bits per heavy atom. The van der Waals surface area contributed by atoms with E-state index in [0.717, 1.165) is 39.0 Å². The van der Waals surface area contributed by atoms with Crippen LogP contribution in [0.4, 0.5) is 10.5 Å². The van der Waals surface area contributed by atoms with Crippen LogP contribution in [-0.2, 0) is 0 Å². The highest BCUT2D eigenvalue weighted by molar-refractivity contribution is 7.08. The average Bonchev–Trinajstić information content (AvgIpc) is 3.31. The minimum Gasteiger partial charge on any atom is -0.339 e. The molecule has 1 aliphatic rings. The van der Waals surface area contributed by atoms with Gasteiger partial charge in [0.2, 0.25) is 0 Å². The Labute approximate surface area is 183 Å². The lowest BCUT2D eigenvalue weighted by Gasteiger charge is -2.29. The molecule has 3 rings (SSSR count). The Kier molecular flexibility index (Phi) is 8.28. The summed E-state index contributed by atoms with van der Waals surface area (Å²) in [6, 6.07) is 9.20. The lowest BCUT2D eigenvalue weighted by molar-refractivity contribution is 0.0724. The number of carbonyl (C=O) groups is 2. The molecule has 1 unspecified atom stereocenters. The van der Waals surface area contributed by atoms with Gasteiger partial charge < -0.3 is 15.5 Å². The first-order valence-electron chi connectivity index (χ1n) is 10.8. The largest absolute Gasteiger partial charge is 0.339 e. The minimum atomic E-state index is -0.259. The molecule has 30 heavy (non-hydrogen) atoms. The number of likely N-dealkylation sites (tertiary alicyclic amines) is 1. The van der Waals surface area contributed by atoms with Crippen molar-refractivity contribution in [2.45, 2.75) is 39.2 Å². The fraction of sp³-hybridized carbons (Fsp3) is 0.478. The summed E-state index contributed by atoms with van der Waals surface area (Å²) < 4.78 is 0. The Morgan fingerprint density at radius 1 is 1.13 bits per heavy atom. The fourth-order valence-corrected chi connectivity index (χ4v) is 4.67. The van der Waals surface area contributed by atoms with Gasteiger partial charge in [0.15, 0.2) is 0 Å². The van der Waals surface area contributed by atoms with E-state index in [-0.39, 0.29) is 18.0 Å². The molecule has 2 aromatic rings. The van der Waals surface area contributed by atoms with Gasteiger partial charge in [-0.15, -0.1) is 0 Å². The molecule has 1 aliphatic heterocycles. The van der Waals surface area contributed by atoms with Crippen LogP contribution < -0.4 is 10.6 Å². The topological polar surface area (TPSA) is 64.7 Å². The molecule has 0 bridgehead atoms. The monoisotopic (exact) mass is 428 g/mol. The van der Waals surface area contributed by atoms with Crippen LogP contribution in [-0.4, -0.2) is 54.5 Å². The fourth-order valence-electron chi connectivity index (χ4n) is 3.96. The number of hydrogen-bond donors (Lipinski definition) is 2. The van der Waals surface area contributed by atoms with Crippen molar-refractivity contribution in [3.05, 3.63) is 52.2 Å². The number of piperidine rings is 1. The molecule has 7 heteroatoms. The van der Waals surface area contributed by atoms with Crippen LogP contribution in [0, 0.1) is 0 Å². The van der Waals surface area contributed by atoms with E-state index in [1.807, 2.05) is 23.1 Å². The van der Waals surface area contributed by atoms with Crippen molar-refractivity contribution in [2.24, 2.45) is 0 Å². The van der Waals surface area contributed by atoms with Crippen LogP contribution in [0.15, 0.2) is 41.1 Å². The Bertz CT molecular complexity index is 814. The second-order valence-electron chi connectivity index (χ2n) is 7.56. The van der Waals surface area contributed by atoms with Gasteiger partial charge in [-0.2, -0.15) is 11.3 Å². The van der Waals surface area contributed by atoms with Crippen molar-refractivity contribution in [1.82, 2.24) is 15.1 Å². The summed E-state index contributed by atoms with van der Waals surface area (Å²) in [6.45, 7) is 8.25. The summed E-state index contributed by atoms with van der Waals surface area (Å²) in [5.41, 5.74) is 2.47. The number of nitrogens with zero attached hydrogens (tertiary/aromatic N) is 2. The van der Waals surface area contributed by atoms with E-state index in [1.165, 1.54) is 12.0 Å². The molecule has 2 heterocycles. The van der Waals surface area contributed by atoms with E-state index in [1.54, 1.807) is 17.4 Å². The molecule has 1 aromatic heterocycles. The highest BCUT2D eigenvalue weighted by Crippen LogP contribution is 2.22. The second-order valence-corrected chi connectivity index (χ2v) is 8.34. The highest BCUT2D eigenvalue weighted by Gasteiger charge is 2.20. The molecule has 3 amide bonds. The SMILES string of the molecule is CCN(CC)C(CNC(=O)Nc1cccc(C(=O)N2CCCCC2)c1)c1ccsc1. The number of nitrogens with one attached hydrogen (secondary N) is 2. The summed E-state index contributed by atoms with van der Waals surface area (Å²) in [5.74, 6) is 0.0396. The quantitative estimate of drug-likeness (QED) is 0.647. The number of hydrogen-bond acceptors (Lipinski definition) is 4. The number of benzene rings is 1. The number of likely N-dealkylation sites (N-methyl/N-ethyl adjacent to an activating group) is 1. The van der Waals surface area contributed by atoms with Crippen molar-refractivity contribution in [2.75, 3.05) is 38.0 Å². The number of anilines is 1. The first kappa shape index (κ1) is 22.3. The molecule has 0 spiro atoms. The number of rotatable bonds is 8. The summed E-state index contributed by atoms with van der Waals surface area (Å²) in [5, 5.41) is 10.1. The van der Waals surface area contributed by atoms with Crippen LogP contribution in [0.2, 0.25) is 0 Å². The maximum absolute atomic E-state index is 12.7. The summed E-state index contributed by atoms with van der Waals surface area (Å²) in [6.07, 6.45) is 3.30. The van der Waals surface area contributed by atoms with Gasteiger partial charge in [0.05, 0.1) is 6.04 Å². The predicted molar refractivity (Wildman–Crippen MR) is 123 cm³/mol. The van der Waals surface area contributed by atoms with E-state index >= 15 is 0 Å². The minimum absolute atomic E-state index is 0.0396. The van der Waals surface area contributed by atoms with Gasteiger partial charge in [-0.1, -0.05) is 19.9 Å². The standard InChI is InChI=1S/C23H32N4O2S/c1-3-26(4-2)21(19-11-14-30-17-19)16-24-23(29)25-20-10-8-9-18(15-20)22(28)27-12-6-5-7-13-27/h8-11,14-15,17,21H,3-7,12-13,16H2,1-2H3,(H2,24,25,29). The molecule has 1 saturated heterocycles. The van der Waals surface area contributed by atoms with Crippen molar-refractivity contribution in [3.8, 4) is 0 Å². The van der Waals surface area contributed by atoms with E-state index in [0.29, 0.717) is 17.8 Å². The van der Waals surface area contributed by atoms with Gasteiger partial charge in [0.25, 0.3) is 5.91 Å². The summed E-state index contributed by atoms with van der Waals surface area (Å²) in [4.78, 5) is 29.5. The Morgan fingerprint density at radius 3 is 2.57 bits per heavy atom. The van der Waals surface area contributed by atoms with Crippen molar-refractivity contribution in [1.29, 1.82) is 0 Å². The molecule has 0 aliphatic carbocycles. The molecule has 1 atom stereocenters. The van der Waals surface area contributed by atoms with Crippen molar-refractivity contribution >= 4 is 29.0 Å². The Balaban J connectivity index is 1.59. The Hall–Kier alpha value is -2.38. The van der Waals surface area contributed by atoms with Crippen LogP contribution in [0.3, 0.4) is 0 Å². The predicted octanol–water partition coefficient (Wildman–Crippen LogP) is 4.58. The van der Waals surface area contributed by atoms with Crippen LogP contribution in [0.25, 0.3) is 0 Å². The number of amides is 3. The average molecular weight is 429 g/mol. The van der Waals surface area contributed by atoms with Gasteiger partial charge >= 0.3 is 6.03 Å². The third kappa shape index (κ3) is 5.83. The molecule has 0 saturated carbocycles. The second kappa shape index (κ2) is 11.1. The molecule has 2 N–H and O–H groups in total. The van der Waals surface area contributed by atoms with E-state index < -0.39 is 0 Å². The zero-order valence-electron chi connectivity index (χ0n) is 17.9. The summed E-state index contributed by atoms with van der Waals surface area (Å²) >= 11 is 1.67. The zero-order chi connectivity index (χ0) is 21.3. The number of urea groups is 1. The lowest BCUT2D eigenvalue weighted by atomic mass is 10.1. The normalized spacial score (nSPS) is 15.1. The third-order valence-electron chi connectivity index (χ3n) is 5.65. The van der Waals surface area contributed by atoms with Gasteiger partial charge in [0, 0.05) is 30.9 Å². The highest BCUT2D eigenvalue weighted by atomic mass is 32.1. The summed E-state index contributed by atoms with van der Waals surface area (Å²) in [7, 11) is 0. The van der Waals surface area contributed by atoms with Crippen molar-refractivity contribution in [3.63, 3.8) is 0 Å². The molecule has 6 nitrogen and oxygen atoms in total. The maximum Gasteiger partial charge on any atom is 0.319 e. The van der Waals surface area contributed by atoms with Gasteiger partial charge in [-0.25, -0.2) is 4.79 Å². The maximum atomic E-state index is 12.7. The number of carbonyl (C=O) groups excluding carboxylic acids is 2. The van der Waals surface area contributed by atoms with Gasteiger partial charge in [0.1, 0.15) is 0 Å². The van der Waals surface area contributed by atoms with Crippen LogP contribution in [0.5, 0.6) is 0 Å². The molecule has 1 aromatic carbocycles. The smallest absolute Gasteiger partial charge is 0.319 e. The van der Waals surface area contributed by atoms with Crippen molar-refractivity contribution < 1.29 is 9.59 Å². The third-order valence-corrected chi connectivity index (χ3v) is 6.35. The van der Waals surface area contributed by atoms with E-state index in [4.69, 9.17) is 0 Å². The van der Waals surface area contributed by atoms with Gasteiger partial charge in [-0.3, -0.25) is 9.69 Å².